The van der Waals surface area contributed by atoms with Crippen molar-refractivity contribution in [2.24, 2.45) is 11.8 Å². The smallest absolute Gasteiger partial charge is 0.0412 e. The minimum absolute atomic E-state index is 1.02. The Hall–Kier alpha value is 0. The van der Waals surface area contributed by atoms with Crippen LogP contribution in [0.15, 0.2) is 0 Å². The Labute approximate surface area is 155 Å². The zero-order valence-corrected chi connectivity index (χ0v) is 17.9. The van der Waals surface area contributed by atoms with E-state index in [9.17, 15) is 0 Å². The summed E-state index contributed by atoms with van der Waals surface area (Å²) in [6, 6.07) is 0. The lowest BCUT2D eigenvalue weighted by Crippen LogP contribution is -2.10. The van der Waals surface area contributed by atoms with E-state index in [4.69, 9.17) is 0 Å². The fourth-order valence-electron chi connectivity index (χ4n) is 4.21. The van der Waals surface area contributed by atoms with Crippen LogP contribution >= 0.6 is 0 Å². The molecule has 0 fully saturated rings. The molecule has 0 nitrogen and oxygen atoms in total. The van der Waals surface area contributed by atoms with Crippen LogP contribution < -0.4 is 0 Å². The first-order chi connectivity index (χ1) is 11.8. The van der Waals surface area contributed by atoms with Crippen LogP contribution in [0, 0.1) is 11.8 Å². The second kappa shape index (κ2) is 19.3. The van der Waals surface area contributed by atoms with Gasteiger partial charge in [-0.15, -0.1) is 0 Å². The third-order valence-corrected chi connectivity index (χ3v) is 5.76. The first-order valence-electron chi connectivity index (χ1n) is 11.8. The van der Waals surface area contributed by atoms with E-state index in [1.165, 1.54) is 116 Å². The van der Waals surface area contributed by atoms with E-state index in [0.29, 0.717) is 0 Å². The fraction of sp³-hybridized carbons (Fsp3) is 1.00. The molecule has 0 rings (SSSR count). The summed E-state index contributed by atoms with van der Waals surface area (Å²) in [6.07, 6.45) is 26.2. The van der Waals surface area contributed by atoms with Gasteiger partial charge in [0.1, 0.15) is 0 Å². The maximum atomic E-state index is 2.38. The molecule has 0 aromatic heterocycles. The molecule has 24 heavy (non-hydrogen) atoms. The summed E-state index contributed by atoms with van der Waals surface area (Å²) in [7, 11) is 0. The van der Waals surface area contributed by atoms with Gasteiger partial charge in [-0.25, -0.2) is 0 Å². The van der Waals surface area contributed by atoms with E-state index in [1.807, 2.05) is 0 Å². The van der Waals surface area contributed by atoms with Crippen LogP contribution in [-0.2, 0) is 0 Å². The molecule has 0 heteroatoms. The maximum Gasteiger partial charge on any atom is -0.0412 e. The Morgan fingerprint density at radius 2 is 0.792 bits per heavy atom. The fourth-order valence-corrected chi connectivity index (χ4v) is 4.21. The van der Waals surface area contributed by atoms with E-state index in [0.717, 1.165) is 11.8 Å². The van der Waals surface area contributed by atoms with Crippen LogP contribution in [0.5, 0.6) is 0 Å². The summed E-state index contributed by atoms with van der Waals surface area (Å²) in [6.45, 7) is 9.38. The zero-order chi connectivity index (χ0) is 17.9. The predicted octanol–water partition coefficient (Wildman–Crippen LogP) is 9.32. The topological polar surface area (TPSA) is 0 Å². The van der Waals surface area contributed by atoms with Gasteiger partial charge < -0.3 is 0 Å². The van der Waals surface area contributed by atoms with Crippen molar-refractivity contribution in [1.82, 2.24) is 0 Å². The molecule has 2 atom stereocenters. The first-order valence-corrected chi connectivity index (χ1v) is 11.8. The molecule has 0 aromatic rings. The summed E-state index contributed by atoms with van der Waals surface area (Å²) in [5.41, 5.74) is 0. The highest BCUT2D eigenvalue weighted by Gasteiger charge is 2.15. The summed E-state index contributed by atoms with van der Waals surface area (Å²) in [4.78, 5) is 0. The van der Waals surface area contributed by atoms with Gasteiger partial charge in [0.15, 0.2) is 0 Å². The first kappa shape index (κ1) is 24.0. The van der Waals surface area contributed by atoms with E-state index in [1.54, 1.807) is 0 Å². The number of hydrogen-bond donors (Lipinski definition) is 0. The molecular weight excluding hydrogens is 288 g/mol. The molecule has 0 amide bonds. The Morgan fingerprint density at radius 1 is 0.375 bits per heavy atom. The minimum Gasteiger partial charge on any atom is -0.0654 e. The standard InChI is InChI=1S/C24H50/c1-5-9-12-14-15-17-21-24(19-11-7-3)22-23(18-8-4)20-16-13-10-6-2/h23-24H,5-22H2,1-4H3. The summed E-state index contributed by atoms with van der Waals surface area (Å²) >= 11 is 0. The van der Waals surface area contributed by atoms with Crippen LogP contribution in [0.3, 0.4) is 0 Å². The third kappa shape index (κ3) is 15.5. The van der Waals surface area contributed by atoms with Crippen LogP contribution in [0.4, 0.5) is 0 Å². The second-order valence-corrected chi connectivity index (χ2v) is 8.30. The van der Waals surface area contributed by atoms with E-state index in [2.05, 4.69) is 27.7 Å². The average molecular weight is 339 g/mol. The molecule has 0 aliphatic rings. The summed E-state index contributed by atoms with van der Waals surface area (Å²) < 4.78 is 0. The molecule has 0 saturated heterocycles. The molecular formula is C24H50. The van der Waals surface area contributed by atoms with Gasteiger partial charge in [0.05, 0.1) is 0 Å². The second-order valence-electron chi connectivity index (χ2n) is 8.30. The third-order valence-electron chi connectivity index (χ3n) is 5.76. The molecule has 0 aliphatic carbocycles. The van der Waals surface area contributed by atoms with Gasteiger partial charge in [0, 0.05) is 0 Å². The van der Waals surface area contributed by atoms with Crippen molar-refractivity contribution >= 4 is 0 Å². The van der Waals surface area contributed by atoms with Gasteiger partial charge in [0.25, 0.3) is 0 Å². The number of unbranched alkanes of at least 4 members (excludes halogenated alkanes) is 9. The summed E-state index contributed by atoms with van der Waals surface area (Å²) in [5, 5.41) is 0. The lowest BCUT2D eigenvalue weighted by Gasteiger charge is -2.24. The van der Waals surface area contributed by atoms with Gasteiger partial charge in [0.2, 0.25) is 0 Å². The average Bonchev–Trinajstić information content (AvgIpc) is 2.59. The lowest BCUT2D eigenvalue weighted by atomic mass is 9.82. The molecule has 146 valence electrons. The van der Waals surface area contributed by atoms with Crippen molar-refractivity contribution < 1.29 is 0 Å². The maximum absolute atomic E-state index is 2.38. The Bertz CT molecular complexity index is 220. The van der Waals surface area contributed by atoms with Crippen LogP contribution in [0.2, 0.25) is 0 Å². The Balaban J connectivity index is 4.11. The quantitative estimate of drug-likeness (QED) is 0.206. The SMILES string of the molecule is CCCCCCCCC(CCCC)CC(CCC)CCCCCC. The van der Waals surface area contributed by atoms with Crippen molar-refractivity contribution in [2.75, 3.05) is 0 Å². The van der Waals surface area contributed by atoms with E-state index in [-0.39, 0.29) is 0 Å². The van der Waals surface area contributed by atoms with Crippen LogP contribution in [-0.4, -0.2) is 0 Å². The van der Waals surface area contributed by atoms with Gasteiger partial charge in [-0.05, 0) is 18.3 Å². The number of hydrogen-bond acceptors (Lipinski definition) is 0. The lowest BCUT2D eigenvalue weighted by molar-refractivity contribution is 0.288. The molecule has 0 saturated carbocycles. The molecule has 0 aliphatic heterocycles. The van der Waals surface area contributed by atoms with Crippen molar-refractivity contribution in [3.8, 4) is 0 Å². The molecule has 0 N–H and O–H groups in total. The normalized spacial score (nSPS) is 14.0. The van der Waals surface area contributed by atoms with E-state index < -0.39 is 0 Å². The predicted molar refractivity (Wildman–Crippen MR) is 113 cm³/mol. The van der Waals surface area contributed by atoms with Crippen LogP contribution in [0.1, 0.15) is 143 Å². The highest BCUT2D eigenvalue weighted by Crippen LogP contribution is 2.30. The van der Waals surface area contributed by atoms with Crippen molar-refractivity contribution in [2.45, 2.75) is 143 Å². The van der Waals surface area contributed by atoms with Gasteiger partial charge in [-0.2, -0.15) is 0 Å². The van der Waals surface area contributed by atoms with Crippen LogP contribution in [0.25, 0.3) is 0 Å². The van der Waals surface area contributed by atoms with E-state index >= 15 is 0 Å². The monoisotopic (exact) mass is 338 g/mol. The van der Waals surface area contributed by atoms with Crippen molar-refractivity contribution in [1.29, 1.82) is 0 Å². The minimum atomic E-state index is 1.02. The molecule has 2 unspecified atom stereocenters. The zero-order valence-electron chi connectivity index (χ0n) is 17.9. The van der Waals surface area contributed by atoms with Crippen molar-refractivity contribution in [3.05, 3.63) is 0 Å². The molecule has 0 bridgehead atoms. The van der Waals surface area contributed by atoms with Gasteiger partial charge >= 0.3 is 0 Å². The highest BCUT2D eigenvalue weighted by atomic mass is 14.2. The molecule has 0 radical (unpaired) electrons. The largest absolute Gasteiger partial charge is 0.0654 e. The van der Waals surface area contributed by atoms with Gasteiger partial charge in [-0.3, -0.25) is 0 Å². The Morgan fingerprint density at radius 3 is 1.33 bits per heavy atom. The van der Waals surface area contributed by atoms with Crippen molar-refractivity contribution in [3.63, 3.8) is 0 Å². The number of rotatable bonds is 19. The highest BCUT2D eigenvalue weighted by molar-refractivity contribution is 4.68. The Kier molecular flexibility index (Phi) is 19.3. The molecule has 0 spiro atoms. The summed E-state index contributed by atoms with van der Waals surface area (Å²) in [5.74, 6) is 2.05. The van der Waals surface area contributed by atoms with Gasteiger partial charge in [-0.1, -0.05) is 137 Å². The molecule has 0 heterocycles. The molecule has 0 aromatic carbocycles.